The maximum Gasteiger partial charge on any atom is 0.231 e. The molecule has 3 heterocycles. The van der Waals surface area contributed by atoms with Crippen molar-refractivity contribution in [2.45, 2.75) is 13.5 Å². The first-order chi connectivity index (χ1) is 10.8. The zero-order valence-corrected chi connectivity index (χ0v) is 12.1. The van der Waals surface area contributed by atoms with Crippen LogP contribution in [0.2, 0.25) is 0 Å². The standard InChI is InChI=1S/C15H15N5O2/c1-2-19(14-15-18-17-9-20(15)6-5-16-14)8-11-3-4-12-13(7-11)22-10-21-12/h3-7,9H,2,8,10H2,1H3. The van der Waals surface area contributed by atoms with Gasteiger partial charge in [0, 0.05) is 25.5 Å². The van der Waals surface area contributed by atoms with Crippen molar-refractivity contribution in [3.63, 3.8) is 0 Å². The van der Waals surface area contributed by atoms with Crippen molar-refractivity contribution in [3.8, 4) is 11.5 Å². The third kappa shape index (κ3) is 2.11. The summed E-state index contributed by atoms with van der Waals surface area (Å²) in [5.74, 6) is 2.41. The summed E-state index contributed by atoms with van der Waals surface area (Å²) in [4.78, 5) is 6.62. The Balaban J connectivity index is 1.66. The molecule has 0 saturated heterocycles. The molecule has 4 rings (SSSR count). The van der Waals surface area contributed by atoms with E-state index >= 15 is 0 Å². The highest BCUT2D eigenvalue weighted by Crippen LogP contribution is 2.33. The van der Waals surface area contributed by atoms with Crippen molar-refractivity contribution < 1.29 is 9.47 Å². The number of nitrogens with zero attached hydrogens (tertiary/aromatic N) is 5. The number of ether oxygens (including phenoxy) is 2. The van der Waals surface area contributed by atoms with Gasteiger partial charge in [0.1, 0.15) is 6.33 Å². The molecule has 22 heavy (non-hydrogen) atoms. The van der Waals surface area contributed by atoms with E-state index in [2.05, 4.69) is 27.0 Å². The van der Waals surface area contributed by atoms with Crippen molar-refractivity contribution in [2.24, 2.45) is 0 Å². The van der Waals surface area contributed by atoms with Crippen LogP contribution < -0.4 is 14.4 Å². The molecular weight excluding hydrogens is 282 g/mol. The van der Waals surface area contributed by atoms with Crippen molar-refractivity contribution in [1.29, 1.82) is 0 Å². The van der Waals surface area contributed by atoms with E-state index in [0.29, 0.717) is 6.54 Å². The van der Waals surface area contributed by atoms with Crippen LogP contribution in [-0.4, -0.2) is 32.9 Å². The molecule has 0 saturated carbocycles. The molecule has 1 aliphatic heterocycles. The maximum absolute atomic E-state index is 5.44. The molecule has 0 N–H and O–H groups in total. The number of hydrogen-bond donors (Lipinski definition) is 0. The molecule has 1 aliphatic rings. The van der Waals surface area contributed by atoms with Gasteiger partial charge in [0.05, 0.1) is 0 Å². The molecule has 112 valence electrons. The minimum Gasteiger partial charge on any atom is -0.454 e. The topological polar surface area (TPSA) is 64.8 Å². The molecule has 2 aromatic heterocycles. The zero-order valence-electron chi connectivity index (χ0n) is 12.1. The molecule has 0 fully saturated rings. The average molecular weight is 297 g/mol. The molecule has 0 aliphatic carbocycles. The lowest BCUT2D eigenvalue weighted by molar-refractivity contribution is 0.174. The van der Waals surface area contributed by atoms with Gasteiger partial charge in [-0.15, -0.1) is 10.2 Å². The Morgan fingerprint density at radius 3 is 3.09 bits per heavy atom. The van der Waals surface area contributed by atoms with Crippen LogP contribution in [0.1, 0.15) is 12.5 Å². The second-order valence-corrected chi connectivity index (χ2v) is 5.01. The summed E-state index contributed by atoms with van der Waals surface area (Å²) >= 11 is 0. The lowest BCUT2D eigenvalue weighted by atomic mass is 10.2. The maximum atomic E-state index is 5.44. The third-order valence-corrected chi connectivity index (χ3v) is 3.69. The average Bonchev–Trinajstić information content (AvgIpc) is 3.20. The van der Waals surface area contributed by atoms with E-state index in [0.717, 1.165) is 35.1 Å². The Morgan fingerprint density at radius 2 is 2.18 bits per heavy atom. The van der Waals surface area contributed by atoms with Crippen molar-refractivity contribution >= 4 is 11.5 Å². The molecule has 0 unspecified atom stereocenters. The van der Waals surface area contributed by atoms with E-state index < -0.39 is 0 Å². The van der Waals surface area contributed by atoms with Gasteiger partial charge in [-0.25, -0.2) is 4.98 Å². The summed E-state index contributed by atoms with van der Waals surface area (Å²) in [5, 5.41) is 8.09. The van der Waals surface area contributed by atoms with Gasteiger partial charge in [-0.3, -0.25) is 4.40 Å². The Labute approximate surface area is 127 Å². The second kappa shape index (κ2) is 5.18. The van der Waals surface area contributed by atoms with Gasteiger partial charge in [-0.05, 0) is 24.6 Å². The quantitative estimate of drug-likeness (QED) is 0.732. The molecule has 0 amide bonds. The van der Waals surface area contributed by atoms with Crippen molar-refractivity contribution in [1.82, 2.24) is 19.6 Å². The first kappa shape index (κ1) is 12.9. The Kier molecular flexibility index (Phi) is 3.03. The van der Waals surface area contributed by atoms with Gasteiger partial charge in [0.15, 0.2) is 17.3 Å². The number of hydrogen-bond acceptors (Lipinski definition) is 6. The van der Waals surface area contributed by atoms with Gasteiger partial charge in [0.25, 0.3) is 0 Å². The molecule has 0 spiro atoms. The van der Waals surface area contributed by atoms with E-state index in [1.54, 1.807) is 12.5 Å². The van der Waals surface area contributed by atoms with Crippen LogP contribution in [-0.2, 0) is 6.54 Å². The minimum absolute atomic E-state index is 0.289. The summed E-state index contributed by atoms with van der Waals surface area (Å²) in [7, 11) is 0. The van der Waals surface area contributed by atoms with Crippen molar-refractivity contribution in [3.05, 3.63) is 42.5 Å². The third-order valence-electron chi connectivity index (χ3n) is 3.69. The number of anilines is 1. The van der Waals surface area contributed by atoms with Crippen LogP contribution in [0, 0.1) is 0 Å². The van der Waals surface area contributed by atoms with E-state index in [1.807, 2.05) is 28.8 Å². The van der Waals surface area contributed by atoms with Crippen LogP contribution in [0.5, 0.6) is 11.5 Å². The summed E-state index contributed by atoms with van der Waals surface area (Å²) in [6, 6.07) is 5.99. The predicted octanol–water partition coefficient (Wildman–Crippen LogP) is 1.88. The highest BCUT2D eigenvalue weighted by molar-refractivity contribution is 5.63. The Hall–Kier alpha value is -2.83. The lowest BCUT2D eigenvalue weighted by Crippen LogP contribution is -2.23. The van der Waals surface area contributed by atoms with Gasteiger partial charge < -0.3 is 14.4 Å². The van der Waals surface area contributed by atoms with Crippen molar-refractivity contribution in [2.75, 3.05) is 18.2 Å². The van der Waals surface area contributed by atoms with Gasteiger partial charge in [0.2, 0.25) is 12.4 Å². The molecule has 7 heteroatoms. The normalized spacial score (nSPS) is 12.8. The van der Waals surface area contributed by atoms with E-state index in [4.69, 9.17) is 9.47 Å². The summed E-state index contributed by atoms with van der Waals surface area (Å²) in [6.45, 7) is 3.91. The molecule has 1 aromatic carbocycles. The first-order valence-corrected chi connectivity index (χ1v) is 7.13. The van der Waals surface area contributed by atoms with Crippen LogP contribution in [0.15, 0.2) is 36.9 Å². The fourth-order valence-electron chi connectivity index (χ4n) is 2.56. The van der Waals surface area contributed by atoms with Crippen LogP contribution in [0.25, 0.3) is 5.65 Å². The molecule has 0 atom stereocenters. The summed E-state index contributed by atoms with van der Waals surface area (Å²) in [6.07, 6.45) is 5.27. The Bertz CT molecular complexity index is 817. The van der Waals surface area contributed by atoms with E-state index in [-0.39, 0.29) is 6.79 Å². The second-order valence-electron chi connectivity index (χ2n) is 5.01. The van der Waals surface area contributed by atoms with Gasteiger partial charge in [-0.1, -0.05) is 6.07 Å². The van der Waals surface area contributed by atoms with Gasteiger partial charge >= 0.3 is 0 Å². The fourth-order valence-corrected chi connectivity index (χ4v) is 2.56. The minimum atomic E-state index is 0.289. The summed E-state index contributed by atoms with van der Waals surface area (Å²) in [5.41, 5.74) is 1.89. The van der Waals surface area contributed by atoms with Crippen LogP contribution in [0.4, 0.5) is 5.82 Å². The zero-order chi connectivity index (χ0) is 14.9. The monoisotopic (exact) mass is 297 g/mol. The summed E-state index contributed by atoms with van der Waals surface area (Å²) < 4.78 is 12.6. The number of aromatic nitrogens is 4. The number of rotatable bonds is 4. The predicted molar refractivity (Wildman–Crippen MR) is 80.1 cm³/mol. The Morgan fingerprint density at radius 1 is 1.27 bits per heavy atom. The molecule has 3 aromatic rings. The largest absolute Gasteiger partial charge is 0.454 e. The number of fused-ring (bicyclic) bond motifs is 2. The number of benzene rings is 1. The van der Waals surface area contributed by atoms with E-state index in [1.165, 1.54) is 0 Å². The van der Waals surface area contributed by atoms with Crippen LogP contribution >= 0.6 is 0 Å². The molecule has 7 nitrogen and oxygen atoms in total. The van der Waals surface area contributed by atoms with Gasteiger partial charge in [-0.2, -0.15) is 0 Å². The molecule has 0 bridgehead atoms. The highest BCUT2D eigenvalue weighted by Gasteiger charge is 2.16. The van der Waals surface area contributed by atoms with Crippen LogP contribution in [0.3, 0.4) is 0 Å². The first-order valence-electron chi connectivity index (χ1n) is 7.13. The lowest BCUT2D eigenvalue weighted by Gasteiger charge is -2.22. The molecular formula is C15H15N5O2. The van der Waals surface area contributed by atoms with E-state index in [9.17, 15) is 0 Å². The molecule has 0 radical (unpaired) electrons. The highest BCUT2D eigenvalue weighted by atomic mass is 16.7. The fraction of sp³-hybridized carbons (Fsp3) is 0.267. The SMILES string of the molecule is CCN(Cc1ccc2c(c1)OCO2)c1nccn2cnnc12. The smallest absolute Gasteiger partial charge is 0.231 e.